The molecule has 0 radical (unpaired) electrons. The molecule has 2 aromatic carbocycles. The second-order valence-corrected chi connectivity index (χ2v) is 11.5. The van der Waals surface area contributed by atoms with Crippen LogP contribution in [0.2, 0.25) is 0 Å². The Balaban J connectivity index is 1.82. The summed E-state index contributed by atoms with van der Waals surface area (Å²) >= 11 is 0. The summed E-state index contributed by atoms with van der Waals surface area (Å²) in [6.45, 7) is 6.40. The molecular formula is C31H34F3N5O7. The Morgan fingerprint density at radius 3 is 2.24 bits per heavy atom. The maximum atomic E-state index is 13.7. The van der Waals surface area contributed by atoms with Crippen molar-refractivity contribution in [2.24, 2.45) is 0 Å². The van der Waals surface area contributed by atoms with Crippen LogP contribution in [0.15, 0.2) is 58.3 Å². The van der Waals surface area contributed by atoms with E-state index in [1.165, 1.54) is 30.0 Å². The molecule has 3 aromatic rings. The number of anilines is 1. The highest BCUT2D eigenvalue weighted by Gasteiger charge is 2.33. The predicted molar refractivity (Wildman–Crippen MR) is 161 cm³/mol. The fourth-order valence-electron chi connectivity index (χ4n) is 4.81. The van der Waals surface area contributed by atoms with E-state index in [2.05, 4.69) is 10.6 Å². The van der Waals surface area contributed by atoms with Crippen LogP contribution in [0.5, 0.6) is 0 Å². The molecule has 2 N–H and O–H groups in total. The second-order valence-electron chi connectivity index (χ2n) is 11.5. The Morgan fingerprint density at radius 1 is 1.02 bits per heavy atom. The molecule has 1 atom stereocenters. The molecule has 2 heterocycles. The lowest BCUT2D eigenvalue weighted by Crippen LogP contribution is -2.49. The number of aromatic nitrogens is 2. The van der Waals surface area contributed by atoms with Gasteiger partial charge < -0.3 is 20.1 Å². The summed E-state index contributed by atoms with van der Waals surface area (Å²) < 4.78 is 53.0. The number of hydrogen-bond acceptors (Lipinski definition) is 7. The third-order valence-electron chi connectivity index (χ3n) is 7.27. The Bertz CT molecular complexity index is 1760. The SMILES string of the molecule is COC(=O)C(COC(C)(C)C)NC(=O)c1cn(-c2ccc(N3CCNC3=O)cc2)c(=O)n(Cc2cccc(C(F)(F)F)c2C)c1=O. The van der Waals surface area contributed by atoms with E-state index >= 15 is 0 Å². The van der Waals surface area contributed by atoms with Crippen molar-refractivity contribution in [2.45, 2.75) is 52.1 Å². The normalized spacial score (nSPS) is 14.2. The van der Waals surface area contributed by atoms with Crippen LogP contribution in [-0.4, -0.2) is 65.5 Å². The first-order valence-corrected chi connectivity index (χ1v) is 14.2. The zero-order chi connectivity index (χ0) is 34.0. The zero-order valence-electron chi connectivity index (χ0n) is 25.9. The van der Waals surface area contributed by atoms with E-state index in [0.29, 0.717) is 23.3 Å². The topological polar surface area (TPSA) is 141 Å². The molecular weight excluding hydrogens is 611 g/mol. The Morgan fingerprint density at radius 2 is 1.67 bits per heavy atom. The molecule has 0 aliphatic carbocycles. The Labute approximate surface area is 261 Å². The molecule has 3 amide bonds. The van der Waals surface area contributed by atoms with Crippen LogP contribution in [0.4, 0.5) is 23.7 Å². The highest BCUT2D eigenvalue weighted by atomic mass is 19.4. The number of rotatable bonds is 9. The average molecular weight is 646 g/mol. The van der Waals surface area contributed by atoms with Crippen LogP contribution in [0.1, 0.15) is 47.8 Å². The van der Waals surface area contributed by atoms with Crippen LogP contribution in [0.25, 0.3) is 5.69 Å². The van der Waals surface area contributed by atoms with Gasteiger partial charge in [0.2, 0.25) is 0 Å². The maximum absolute atomic E-state index is 13.7. The van der Waals surface area contributed by atoms with Gasteiger partial charge in [-0.3, -0.25) is 23.6 Å². The number of ether oxygens (including phenoxy) is 2. The van der Waals surface area contributed by atoms with Gasteiger partial charge in [-0.1, -0.05) is 12.1 Å². The van der Waals surface area contributed by atoms with Crippen LogP contribution in [-0.2, 0) is 27.0 Å². The van der Waals surface area contributed by atoms with Gasteiger partial charge in [0.05, 0.1) is 37.1 Å². The molecule has 1 fully saturated rings. The number of halogens is 3. The summed E-state index contributed by atoms with van der Waals surface area (Å²) in [5.74, 6) is -1.90. The largest absolute Gasteiger partial charge is 0.467 e. The van der Waals surface area contributed by atoms with Gasteiger partial charge in [0.1, 0.15) is 5.56 Å². The monoisotopic (exact) mass is 645 g/mol. The van der Waals surface area contributed by atoms with Crippen molar-refractivity contribution in [3.05, 3.63) is 91.8 Å². The summed E-state index contributed by atoms with van der Waals surface area (Å²) in [7, 11) is 1.11. The summed E-state index contributed by atoms with van der Waals surface area (Å²) in [6, 6.07) is 7.87. The third kappa shape index (κ3) is 7.47. The van der Waals surface area contributed by atoms with Crippen molar-refractivity contribution in [2.75, 3.05) is 31.7 Å². The highest BCUT2D eigenvalue weighted by Crippen LogP contribution is 2.33. The molecule has 1 aromatic heterocycles. The lowest BCUT2D eigenvalue weighted by molar-refractivity contribution is -0.146. The number of benzene rings is 2. The number of urea groups is 1. The Kier molecular flexibility index (Phi) is 9.75. The van der Waals surface area contributed by atoms with E-state index in [4.69, 9.17) is 9.47 Å². The summed E-state index contributed by atoms with van der Waals surface area (Å²) in [4.78, 5) is 67.0. The molecule has 15 heteroatoms. The average Bonchev–Trinajstić information content (AvgIpc) is 3.42. The lowest BCUT2D eigenvalue weighted by Gasteiger charge is -2.24. The number of amides is 3. The van der Waals surface area contributed by atoms with E-state index in [0.717, 1.165) is 30.0 Å². The van der Waals surface area contributed by atoms with Crippen molar-refractivity contribution in [1.82, 2.24) is 19.8 Å². The number of alkyl halides is 3. The summed E-state index contributed by atoms with van der Waals surface area (Å²) in [6.07, 6.45) is -3.69. The molecule has 12 nitrogen and oxygen atoms in total. The number of nitrogens with one attached hydrogen (secondary N) is 2. The molecule has 1 saturated heterocycles. The molecule has 1 unspecified atom stereocenters. The number of carbonyl (C=O) groups excluding carboxylic acids is 3. The number of esters is 1. The molecule has 0 spiro atoms. The van der Waals surface area contributed by atoms with Crippen molar-refractivity contribution >= 4 is 23.6 Å². The third-order valence-corrected chi connectivity index (χ3v) is 7.27. The summed E-state index contributed by atoms with van der Waals surface area (Å²) in [5, 5.41) is 5.09. The van der Waals surface area contributed by atoms with Crippen molar-refractivity contribution in [1.29, 1.82) is 0 Å². The number of carbonyl (C=O) groups is 3. The molecule has 0 saturated carbocycles. The standard InChI is InChI=1S/C31H34F3N5O7/c1-18-19(7-6-8-23(18)31(32,33)34)15-39-26(41)22(25(40)36-24(27(42)45-5)17-46-30(2,3)4)16-38(29(39)44)21-11-9-20(10-12-21)37-14-13-35-28(37)43/h6-12,16,24H,13-15,17H2,1-5H3,(H,35,43)(H,36,40). The van der Waals surface area contributed by atoms with Gasteiger partial charge in [0.25, 0.3) is 11.5 Å². The highest BCUT2D eigenvalue weighted by molar-refractivity contribution is 5.96. The minimum atomic E-state index is -4.68. The van der Waals surface area contributed by atoms with Crippen LogP contribution in [0.3, 0.4) is 0 Å². The van der Waals surface area contributed by atoms with Gasteiger partial charge in [0, 0.05) is 25.0 Å². The molecule has 1 aliphatic heterocycles. The van der Waals surface area contributed by atoms with Gasteiger partial charge >= 0.3 is 23.9 Å². The minimum absolute atomic E-state index is 0.0274. The first kappa shape index (κ1) is 34.0. The van der Waals surface area contributed by atoms with Crippen molar-refractivity contribution in [3.8, 4) is 5.69 Å². The molecule has 0 bridgehead atoms. The predicted octanol–water partition coefficient (Wildman–Crippen LogP) is 2.99. The fraction of sp³-hybridized carbons (Fsp3) is 0.387. The zero-order valence-corrected chi connectivity index (χ0v) is 25.9. The summed E-state index contributed by atoms with van der Waals surface area (Å²) in [5.41, 5.74) is -3.69. The van der Waals surface area contributed by atoms with E-state index in [9.17, 15) is 37.1 Å². The smallest absolute Gasteiger partial charge is 0.416 e. The van der Waals surface area contributed by atoms with E-state index in [1.807, 2.05) is 0 Å². The first-order valence-electron chi connectivity index (χ1n) is 14.2. The molecule has 1 aliphatic rings. The lowest BCUT2D eigenvalue weighted by atomic mass is 10.0. The molecule has 46 heavy (non-hydrogen) atoms. The fourth-order valence-corrected chi connectivity index (χ4v) is 4.81. The molecule has 246 valence electrons. The quantitative estimate of drug-likeness (QED) is 0.341. The van der Waals surface area contributed by atoms with Crippen LogP contribution < -0.4 is 26.8 Å². The number of methoxy groups -OCH3 is 1. The van der Waals surface area contributed by atoms with E-state index in [-0.39, 0.29) is 29.5 Å². The van der Waals surface area contributed by atoms with E-state index in [1.54, 1.807) is 32.9 Å². The van der Waals surface area contributed by atoms with Crippen LogP contribution in [0, 0.1) is 6.92 Å². The van der Waals surface area contributed by atoms with Gasteiger partial charge in [-0.15, -0.1) is 0 Å². The van der Waals surface area contributed by atoms with Gasteiger partial charge in [-0.05, 0) is 69.2 Å². The maximum Gasteiger partial charge on any atom is 0.416 e. The van der Waals surface area contributed by atoms with E-state index < -0.39 is 58.6 Å². The van der Waals surface area contributed by atoms with Crippen LogP contribution >= 0.6 is 0 Å². The van der Waals surface area contributed by atoms with Crippen molar-refractivity contribution in [3.63, 3.8) is 0 Å². The van der Waals surface area contributed by atoms with Gasteiger partial charge in [-0.25, -0.2) is 14.4 Å². The minimum Gasteiger partial charge on any atom is -0.467 e. The van der Waals surface area contributed by atoms with Gasteiger partial charge in [-0.2, -0.15) is 13.2 Å². The van der Waals surface area contributed by atoms with Crippen molar-refractivity contribution < 1.29 is 37.0 Å². The second kappa shape index (κ2) is 13.2. The Hall–Kier alpha value is -4.92. The number of hydrogen-bond donors (Lipinski definition) is 2. The van der Waals surface area contributed by atoms with Gasteiger partial charge in [0.15, 0.2) is 6.04 Å². The molecule has 4 rings (SSSR count). The first-order chi connectivity index (χ1) is 21.5. The number of nitrogens with zero attached hydrogens (tertiary/aromatic N) is 3.